The van der Waals surface area contributed by atoms with E-state index in [-0.39, 0.29) is 11.8 Å². The van der Waals surface area contributed by atoms with Crippen molar-refractivity contribution >= 4 is 23.2 Å². The first-order valence-electron chi connectivity index (χ1n) is 6.80. The Morgan fingerprint density at radius 2 is 1.75 bits per heavy atom. The normalized spacial score (nSPS) is 18.6. The van der Waals surface area contributed by atoms with Crippen LogP contribution in [-0.4, -0.2) is 18.3 Å². The molecule has 0 aromatic heterocycles. The number of hydrogen-bond donors (Lipinski definition) is 0. The minimum atomic E-state index is 0.166. The second-order valence-corrected chi connectivity index (χ2v) is 5.42. The highest BCUT2D eigenvalue weighted by atomic mass is 35.5. The highest BCUT2D eigenvalue weighted by molar-refractivity contribution is 6.18. The zero-order chi connectivity index (χ0) is 13.9. The Morgan fingerprint density at radius 3 is 2.45 bits per heavy atom. The van der Waals surface area contributed by atoms with Crippen LogP contribution in [0.25, 0.3) is 11.1 Å². The molecule has 1 amide bonds. The van der Waals surface area contributed by atoms with Gasteiger partial charge in [-0.05, 0) is 17.5 Å². The van der Waals surface area contributed by atoms with Gasteiger partial charge in [-0.25, -0.2) is 0 Å². The summed E-state index contributed by atoms with van der Waals surface area (Å²) >= 11 is 5.90. The number of carbonyl (C=O) groups is 1. The van der Waals surface area contributed by atoms with Crippen LogP contribution < -0.4 is 4.90 Å². The van der Waals surface area contributed by atoms with Crippen molar-refractivity contribution in [3.8, 4) is 11.1 Å². The van der Waals surface area contributed by atoms with Gasteiger partial charge in [-0.15, -0.1) is 11.6 Å². The number of nitrogens with zero attached hydrogens (tertiary/aromatic N) is 1. The largest absolute Gasteiger partial charge is 0.311 e. The van der Waals surface area contributed by atoms with Gasteiger partial charge in [-0.2, -0.15) is 0 Å². The van der Waals surface area contributed by atoms with E-state index >= 15 is 0 Å². The van der Waals surface area contributed by atoms with Crippen molar-refractivity contribution in [3.05, 3.63) is 54.6 Å². The topological polar surface area (TPSA) is 20.3 Å². The molecular formula is C17H16ClNO. The lowest BCUT2D eigenvalue weighted by molar-refractivity contribution is -0.117. The van der Waals surface area contributed by atoms with Crippen LogP contribution in [0.4, 0.5) is 5.69 Å². The summed E-state index contributed by atoms with van der Waals surface area (Å²) in [6.45, 7) is 0.714. The van der Waals surface area contributed by atoms with Gasteiger partial charge in [-0.3, -0.25) is 4.79 Å². The number of benzene rings is 2. The van der Waals surface area contributed by atoms with Crippen molar-refractivity contribution in [2.24, 2.45) is 5.92 Å². The van der Waals surface area contributed by atoms with Crippen LogP contribution >= 0.6 is 11.6 Å². The van der Waals surface area contributed by atoms with E-state index in [9.17, 15) is 4.79 Å². The Morgan fingerprint density at radius 1 is 1.05 bits per heavy atom. The second kappa shape index (κ2) is 5.68. The van der Waals surface area contributed by atoms with E-state index in [1.165, 1.54) is 0 Å². The number of halogens is 1. The zero-order valence-electron chi connectivity index (χ0n) is 11.1. The lowest BCUT2D eigenvalue weighted by Gasteiger charge is -2.20. The maximum Gasteiger partial charge on any atom is 0.227 e. The molecule has 0 radical (unpaired) electrons. The molecule has 0 N–H and O–H groups in total. The Bertz CT molecular complexity index is 611. The monoisotopic (exact) mass is 285 g/mol. The Labute approximate surface area is 124 Å². The number of alkyl halides is 1. The number of para-hydroxylation sites is 1. The quantitative estimate of drug-likeness (QED) is 0.782. The Kier molecular flexibility index (Phi) is 3.75. The van der Waals surface area contributed by atoms with Gasteiger partial charge in [0, 0.05) is 24.4 Å². The van der Waals surface area contributed by atoms with Gasteiger partial charge in [0.15, 0.2) is 0 Å². The molecule has 0 aliphatic carbocycles. The SMILES string of the molecule is O=C1CC(CCl)CN1c1ccccc1-c1ccccc1. The van der Waals surface area contributed by atoms with Crippen LogP contribution in [0.15, 0.2) is 54.6 Å². The van der Waals surface area contributed by atoms with E-state index in [4.69, 9.17) is 11.6 Å². The third kappa shape index (κ3) is 2.44. The molecule has 102 valence electrons. The highest BCUT2D eigenvalue weighted by Gasteiger charge is 2.31. The van der Waals surface area contributed by atoms with Crippen molar-refractivity contribution in [2.45, 2.75) is 6.42 Å². The van der Waals surface area contributed by atoms with Crippen molar-refractivity contribution in [1.82, 2.24) is 0 Å². The van der Waals surface area contributed by atoms with Crippen LogP contribution in [-0.2, 0) is 4.79 Å². The summed E-state index contributed by atoms with van der Waals surface area (Å²) < 4.78 is 0. The van der Waals surface area contributed by atoms with Gasteiger partial charge < -0.3 is 4.90 Å². The maximum atomic E-state index is 12.2. The Balaban J connectivity index is 2.01. The molecule has 1 aliphatic heterocycles. The second-order valence-electron chi connectivity index (χ2n) is 5.11. The molecule has 1 fully saturated rings. The third-order valence-corrected chi connectivity index (χ3v) is 4.14. The number of carbonyl (C=O) groups excluding carboxylic acids is 1. The van der Waals surface area contributed by atoms with Crippen LogP contribution in [0.5, 0.6) is 0 Å². The summed E-state index contributed by atoms with van der Waals surface area (Å²) in [6, 6.07) is 18.2. The van der Waals surface area contributed by atoms with Crippen molar-refractivity contribution in [2.75, 3.05) is 17.3 Å². The molecule has 2 aromatic carbocycles. The average Bonchev–Trinajstić information content (AvgIpc) is 2.89. The molecule has 0 bridgehead atoms. The number of anilines is 1. The molecular weight excluding hydrogens is 270 g/mol. The van der Waals surface area contributed by atoms with E-state index in [2.05, 4.69) is 18.2 Å². The average molecular weight is 286 g/mol. The fraction of sp³-hybridized carbons (Fsp3) is 0.235. The first-order chi connectivity index (χ1) is 9.79. The number of hydrogen-bond acceptors (Lipinski definition) is 1. The van der Waals surface area contributed by atoms with Crippen LogP contribution in [0, 0.1) is 5.92 Å². The predicted molar refractivity (Wildman–Crippen MR) is 83.1 cm³/mol. The molecule has 3 rings (SSSR count). The predicted octanol–water partition coefficient (Wildman–Crippen LogP) is 3.95. The van der Waals surface area contributed by atoms with E-state index in [1.54, 1.807) is 0 Å². The van der Waals surface area contributed by atoms with Gasteiger partial charge in [0.1, 0.15) is 0 Å². The summed E-state index contributed by atoms with van der Waals surface area (Å²) in [5.74, 6) is 0.961. The highest BCUT2D eigenvalue weighted by Crippen LogP contribution is 2.34. The molecule has 1 aliphatic rings. The molecule has 2 aromatic rings. The fourth-order valence-electron chi connectivity index (χ4n) is 2.69. The van der Waals surface area contributed by atoms with Gasteiger partial charge in [0.2, 0.25) is 5.91 Å². The molecule has 1 saturated heterocycles. The first kappa shape index (κ1) is 13.2. The molecule has 0 spiro atoms. The van der Waals surface area contributed by atoms with Gasteiger partial charge >= 0.3 is 0 Å². The van der Waals surface area contributed by atoms with Gasteiger partial charge in [-0.1, -0.05) is 48.5 Å². The summed E-state index contributed by atoms with van der Waals surface area (Å²) in [6.07, 6.45) is 0.548. The Hall–Kier alpha value is -1.80. The van der Waals surface area contributed by atoms with Crippen LogP contribution in [0.3, 0.4) is 0 Å². The van der Waals surface area contributed by atoms with Gasteiger partial charge in [0.25, 0.3) is 0 Å². The first-order valence-corrected chi connectivity index (χ1v) is 7.34. The van der Waals surface area contributed by atoms with Crippen molar-refractivity contribution in [3.63, 3.8) is 0 Å². The van der Waals surface area contributed by atoms with Crippen LogP contribution in [0.2, 0.25) is 0 Å². The smallest absolute Gasteiger partial charge is 0.227 e. The fourth-order valence-corrected chi connectivity index (χ4v) is 2.90. The number of amides is 1. The molecule has 1 atom stereocenters. The van der Waals surface area contributed by atoms with Crippen molar-refractivity contribution < 1.29 is 4.79 Å². The summed E-state index contributed by atoms with van der Waals surface area (Å²) in [4.78, 5) is 14.1. The molecule has 20 heavy (non-hydrogen) atoms. The van der Waals surface area contributed by atoms with E-state index in [0.717, 1.165) is 16.8 Å². The summed E-state index contributed by atoms with van der Waals surface area (Å²) in [5.41, 5.74) is 3.21. The number of rotatable bonds is 3. The zero-order valence-corrected chi connectivity index (χ0v) is 11.9. The summed E-state index contributed by atoms with van der Waals surface area (Å²) in [5, 5.41) is 0. The molecule has 3 heteroatoms. The molecule has 2 nitrogen and oxygen atoms in total. The minimum Gasteiger partial charge on any atom is -0.311 e. The molecule has 0 saturated carbocycles. The van der Waals surface area contributed by atoms with Crippen LogP contribution in [0.1, 0.15) is 6.42 Å². The minimum absolute atomic E-state index is 0.166. The lowest BCUT2D eigenvalue weighted by Crippen LogP contribution is -2.25. The van der Waals surface area contributed by atoms with Crippen molar-refractivity contribution in [1.29, 1.82) is 0 Å². The maximum absolute atomic E-state index is 12.2. The standard InChI is InChI=1S/C17H16ClNO/c18-11-13-10-17(20)19(12-13)16-9-5-4-8-15(16)14-6-2-1-3-7-14/h1-9,13H,10-12H2. The van der Waals surface area contributed by atoms with E-state index in [1.807, 2.05) is 41.3 Å². The van der Waals surface area contributed by atoms with Gasteiger partial charge in [0.05, 0.1) is 5.69 Å². The molecule has 1 unspecified atom stereocenters. The lowest BCUT2D eigenvalue weighted by atomic mass is 10.0. The summed E-state index contributed by atoms with van der Waals surface area (Å²) in [7, 11) is 0. The van der Waals surface area contributed by atoms with E-state index < -0.39 is 0 Å². The molecule has 1 heterocycles. The third-order valence-electron chi connectivity index (χ3n) is 3.70. The van der Waals surface area contributed by atoms with E-state index in [0.29, 0.717) is 18.8 Å².